The highest BCUT2D eigenvalue weighted by molar-refractivity contribution is 7.80. The maximum atomic E-state index is 14.0. The molecule has 2 N–H and O–H groups in total. The highest BCUT2D eigenvalue weighted by atomic mass is 32.1. The van der Waals surface area contributed by atoms with E-state index in [0.717, 1.165) is 0 Å². The number of nitrogens with zero attached hydrogens (tertiary/aromatic N) is 1. The summed E-state index contributed by atoms with van der Waals surface area (Å²) in [5.74, 6) is -2.80. The molecule has 0 aromatic heterocycles. The van der Waals surface area contributed by atoms with Gasteiger partial charge in [0.2, 0.25) is 0 Å². The molecule has 2 aromatic carbocycles. The van der Waals surface area contributed by atoms with Crippen LogP contribution in [0.1, 0.15) is 5.56 Å². The molecule has 0 unspecified atom stereocenters. The Morgan fingerprint density at radius 1 is 1.00 bits per heavy atom. The van der Waals surface area contributed by atoms with E-state index in [2.05, 4.69) is 12.2 Å². The Morgan fingerprint density at radius 3 is 2.25 bits per heavy atom. The minimum atomic E-state index is -1.14. The van der Waals surface area contributed by atoms with E-state index in [4.69, 9.17) is 5.73 Å². The first-order valence-corrected chi connectivity index (χ1v) is 6.10. The van der Waals surface area contributed by atoms with E-state index in [9.17, 15) is 13.2 Å². The van der Waals surface area contributed by atoms with Gasteiger partial charge in [-0.15, -0.1) is 0 Å². The fraction of sp³-hybridized carbons (Fsp3) is 0.0714. The third-order valence-corrected chi connectivity index (χ3v) is 3.12. The topological polar surface area (TPSA) is 29.3 Å². The zero-order chi connectivity index (χ0) is 14.9. The van der Waals surface area contributed by atoms with E-state index in [1.54, 1.807) is 6.07 Å². The molecule has 0 spiro atoms. The van der Waals surface area contributed by atoms with Crippen LogP contribution in [0, 0.1) is 17.5 Å². The van der Waals surface area contributed by atoms with Gasteiger partial charge in [-0.25, -0.2) is 13.2 Å². The van der Waals surface area contributed by atoms with Crippen molar-refractivity contribution in [1.29, 1.82) is 0 Å². The average molecular weight is 296 g/mol. The molecule has 0 saturated heterocycles. The molecular weight excluding hydrogens is 285 g/mol. The number of hydrogen-bond acceptors (Lipinski definition) is 2. The predicted molar refractivity (Wildman–Crippen MR) is 76.7 cm³/mol. The van der Waals surface area contributed by atoms with Gasteiger partial charge in [0.15, 0.2) is 11.6 Å². The first-order valence-electron chi connectivity index (χ1n) is 5.69. The van der Waals surface area contributed by atoms with Gasteiger partial charge in [-0.3, -0.25) is 0 Å². The molecule has 0 saturated carbocycles. The normalized spacial score (nSPS) is 10.4. The van der Waals surface area contributed by atoms with Crippen molar-refractivity contribution < 1.29 is 13.2 Å². The van der Waals surface area contributed by atoms with E-state index in [1.165, 1.54) is 42.3 Å². The molecule has 0 atom stereocenters. The monoisotopic (exact) mass is 296 g/mol. The van der Waals surface area contributed by atoms with Crippen LogP contribution >= 0.6 is 12.2 Å². The largest absolute Gasteiger partial charge is 0.389 e. The molecule has 2 rings (SSSR count). The fourth-order valence-corrected chi connectivity index (χ4v) is 2.00. The highest BCUT2D eigenvalue weighted by Crippen LogP contribution is 2.30. The number of rotatable bonds is 3. The van der Waals surface area contributed by atoms with Crippen LogP contribution in [0.4, 0.5) is 24.5 Å². The van der Waals surface area contributed by atoms with Crippen molar-refractivity contribution in [3.63, 3.8) is 0 Å². The standard InChI is InChI=1S/C14H11F3N2S/c1-19(10-5-3-2-4-9(10)15)11-7-6-8(14(18)20)12(16)13(11)17/h2-7H,1H3,(H2,18,20). The molecule has 0 heterocycles. The Kier molecular flexibility index (Phi) is 3.94. The van der Waals surface area contributed by atoms with Crippen molar-refractivity contribution in [1.82, 2.24) is 0 Å². The summed E-state index contributed by atoms with van der Waals surface area (Å²) in [6.07, 6.45) is 0. The van der Waals surface area contributed by atoms with E-state index >= 15 is 0 Å². The molecule has 0 bridgehead atoms. The number of anilines is 2. The molecule has 0 aliphatic rings. The second kappa shape index (κ2) is 5.50. The number of para-hydroxylation sites is 1. The Morgan fingerprint density at radius 2 is 1.65 bits per heavy atom. The van der Waals surface area contributed by atoms with Crippen LogP contribution in [-0.4, -0.2) is 12.0 Å². The molecule has 0 radical (unpaired) electrons. The number of hydrogen-bond donors (Lipinski definition) is 1. The van der Waals surface area contributed by atoms with Crippen LogP contribution in [-0.2, 0) is 0 Å². The van der Waals surface area contributed by atoms with Crippen molar-refractivity contribution in [2.75, 3.05) is 11.9 Å². The molecule has 0 aliphatic carbocycles. The average Bonchev–Trinajstić information content (AvgIpc) is 2.41. The van der Waals surface area contributed by atoms with Crippen LogP contribution in [0.2, 0.25) is 0 Å². The molecular formula is C14H11F3N2S. The van der Waals surface area contributed by atoms with Gasteiger partial charge < -0.3 is 10.6 Å². The Bertz CT molecular complexity index is 673. The van der Waals surface area contributed by atoms with E-state index in [0.29, 0.717) is 0 Å². The maximum absolute atomic E-state index is 14.0. The smallest absolute Gasteiger partial charge is 0.183 e. The SMILES string of the molecule is CN(c1ccccc1F)c1ccc(C(N)=S)c(F)c1F. The molecule has 0 aliphatic heterocycles. The summed E-state index contributed by atoms with van der Waals surface area (Å²) in [6.45, 7) is 0. The summed E-state index contributed by atoms with van der Waals surface area (Å²) < 4.78 is 41.5. The van der Waals surface area contributed by atoms with E-state index in [1.807, 2.05) is 0 Å². The van der Waals surface area contributed by atoms with Gasteiger partial charge in [-0.2, -0.15) is 0 Å². The first-order chi connectivity index (χ1) is 9.43. The Labute approximate surface area is 119 Å². The Hall–Kier alpha value is -2.08. The van der Waals surface area contributed by atoms with Gasteiger partial charge in [0.25, 0.3) is 0 Å². The second-order valence-electron chi connectivity index (χ2n) is 4.13. The molecule has 20 heavy (non-hydrogen) atoms. The van der Waals surface area contributed by atoms with E-state index < -0.39 is 17.5 Å². The van der Waals surface area contributed by atoms with Gasteiger partial charge in [-0.1, -0.05) is 24.4 Å². The summed E-state index contributed by atoms with van der Waals surface area (Å²) in [5, 5.41) is 0. The van der Waals surface area contributed by atoms with Crippen molar-refractivity contribution in [2.24, 2.45) is 5.73 Å². The first kappa shape index (κ1) is 14.3. The molecule has 104 valence electrons. The summed E-state index contributed by atoms with van der Waals surface area (Å²) in [5.41, 5.74) is 5.15. The Balaban J connectivity index is 2.52. The van der Waals surface area contributed by atoms with Gasteiger partial charge >= 0.3 is 0 Å². The summed E-state index contributed by atoms with van der Waals surface area (Å²) in [4.78, 5) is 0.985. The minimum Gasteiger partial charge on any atom is -0.389 e. The molecule has 2 aromatic rings. The lowest BCUT2D eigenvalue weighted by molar-refractivity contribution is 0.508. The predicted octanol–water partition coefficient (Wildman–Crippen LogP) is 3.51. The highest BCUT2D eigenvalue weighted by Gasteiger charge is 2.19. The van der Waals surface area contributed by atoms with Gasteiger partial charge in [0.05, 0.1) is 11.4 Å². The summed E-state index contributed by atoms with van der Waals surface area (Å²) >= 11 is 4.63. The van der Waals surface area contributed by atoms with Crippen molar-refractivity contribution in [2.45, 2.75) is 0 Å². The van der Waals surface area contributed by atoms with Crippen LogP contribution in [0.5, 0.6) is 0 Å². The van der Waals surface area contributed by atoms with Crippen LogP contribution in [0.3, 0.4) is 0 Å². The van der Waals surface area contributed by atoms with Crippen molar-refractivity contribution in [3.8, 4) is 0 Å². The lowest BCUT2D eigenvalue weighted by Gasteiger charge is -2.21. The zero-order valence-corrected chi connectivity index (χ0v) is 11.3. The minimum absolute atomic E-state index is 0.104. The lowest BCUT2D eigenvalue weighted by atomic mass is 10.1. The molecule has 2 nitrogen and oxygen atoms in total. The third-order valence-electron chi connectivity index (χ3n) is 2.90. The zero-order valence-electron chi connectivity index (χ0n) is 10.5. The molecule has 0 fully saturated rings. The van der Waals surface area contributed by atoms with E-state index in [-0.39, 0.29) is 21.9 Å². The summed E-state index contributed by atoms with van der Waals surface area (Å²) in [7, 11) is 1.44. The number of thiocarbonyl (C=S) groups is 1. The maximum Gasteiger partial charge on any atom is 0.183 e. The lowest BCUT2D eigenvalue weighted by Crippen LogP contribution is -2.17. The quantitative estimate of drug-likeness (QED) is 0.879. The number of halogens is 3. The van der Waals surface area contributed by atoms with Crippen molar-refractivity contribution >= 4 is 28.6 Å². The summed E-state index contributed by atoms with van der Waals surface area (Å²) in [6, 6.07) is 8.40. The molecule has 0 amide bonds. The van der Waals surface area contributed by atoms with Crippen LogP contribution in [0.15, 0.2) is 36.4 Å². The fourth-order valence-electron chi connectivity index (χ4n) is 1.84. The van der Waals surface area contributed by atoms with Crippen molar-refractivity contribution in [3.05, 3.63) is 59.4 Å². The van der Waals surface area contributed by atoms with Gasteiger partial charge in [0, 0.05) is 12.6 Å². The van der Waals surface area contributed by atoms with Gasteiger partial charge in [-0.05, 0) is 24.3 Å². The van der Waals surface area contributed by atoms with Gasteiger partial charge in [0.1, 0.15) is 10.8 Å². The van der Waals surface area contributed by atoms with Crippen LogP contribution < -0.4 is 10.6 Å². The molecule has 6 heteroatoms. The number of nitrogens with two attached hydrogens (primary N) is 1. The van der Waals surface area contributed by atoms with Crippen LogP contribution in [0.25, 0.3) is 0 Å². The number of benzene rings is 2. The third kappa shape index (κ3) is 2.46. The second-order valence-corrected chi connectivity index (χ2v) is 4.57.